The largest absolute Gasteiger partial charge is 0.402 e. The van der Waals surface area contributed by atoms with E-state index < -0.39 is 6.04 Å². The maximum atomic E-state index is 13.2. The van der Waals surface area contributed by atoms with Crippen LogP contribution >= 0.6 is 0 Å². The Morgan fingerprint density at radius 2 is 1.85 bits per heavy atom. The number of amides is 3. The van der Waals surface area contributed by atoms with Gasteiger partial charge in [-0.2, -0.15) is 0 Å². The van der Waals surface area contributed by atoms with Crippen molar-refractivity contribution in [3.63, 3.8) is 0 Å². The van der Waals surface area contributed by atoms with E-state index in [0.29, 0.717) is 18.3 Å². The Morgan fingerprint density at radius 3 is 2.42 bits per heavy atom. The molecule has 7 heteroatoms. The number of nitrogens with zero attached hydrogens (tertiary/aromatic N) is 5. The molecule has 26 heavy (non-hydrogen) atoms. The number of imidazole rings is 1. The van der Waals surface area contributed by atoms with E-state index in [1.54, 1.807) is 7.05 Å². The van der Waals surface area contributed by atoms with Crippen LogP contribution in [0, 0.1) is 19.8 Å². The van der Waals surface area contributed by atoms with Crippen LogP contribution in [0.3, 0.4) is 0 Å². The summed E-state index contributed by atoms with van der Waals surface area (Å²) in [4.78, 5) is 33.6. The molecule has 0 aliphatic carbocycles. The highest BCUT2D eigenvalue weighted by atomic mass is 16.2. The number of hydrogen-bond donors (Lipinski definition) is 0. The number of carbonyl (C=O) groups is 2. The molecule has 1 fully saturated rings. The van der Waals surface area contributed by atoms with Crippen molar-refractivity contribution >= 4 is 23.7 Å². The highest BCUT2D eigenvalue weighted by Gasteiger charge is 2.54. The first-order valence-electron chi connectivity index (χ1n) is 9.51. The van der Waals surface area contributed by atoms with E-state index in [1.165, 1.54) is 9.80 Å². The lowest BCUT2D eigenvalue weighted by molar-refractivity contribution is -0.683. The molecule has 0 radical (unpaired) electrons. The summed E-state index contributed by atoms with van der Waals surface area (Å²) in [5.41, 5.74) is 2.15. The molecule has 0 bridgehead atoms. The quantitative estimate of drug-likeness (QED) is 0.758. The number of carbonyl (C=O) groups excluding carboxylic acids is 2. The lowest BCUT2D eigenvalue weighted by Gasteiger charge is -2.33. The van der Waals surface area contributed by atoms with E-state index in [1.807, 2.05) is 11.5 Å². The zero-order valence-electron chi connectivity index (χ0n) is 16.9. The van der Waals surface area contributed by atoms with Crippen LogP contribution in [0.5, 0.6) is 0 Å². The zero-order valence-corrected chi connectivity index (χ0v) is 16.9. The molecule has 0 spiro atoms. The van der Waals surface area contributed by atoms with Crippen LogP contribution in [0.2, 0.25) is 0 Å². The van der Waals surface area contributed by atoms with Crippen molar-refractivity contribution < 1.29 is 14.2 Å². The third-order valence-electron chi connectivity index (χ3n) is 5.72. The van der Waals surface area contributed by atoms with Gasteiger partial charge in [0.25, 0.3) is 5.91 Å². The number of aliphatic imine (C=N–C) groups is 1. The van der Waals surface area contributed by atoms with Crippen molar-refractivity contribution in [3.8, 4) is 0 Å². The van der Waals surface area contributed by atoms with Crippen molar-refractivity contribution in [3.05, 3.63) is 11.4 Å². The first-order chi connectivity index (χ1) is 12.2. The molecule has 1 saturated heterocycles. The minimum Gasteiger partial charge on any atom is -0.270 e. The van der Waals surface area contributed by atoms with Crippen LogP contribution in [0.15, 0.2) is 4.99 Å². The molecular formula is C19H30N5O2+. The molecule has 1 aromatic rings. The van der Waals surface area contributed by atoms with Crippen LogP contribution in [-0.4, -0.2) is 45.7 Å². The van der Waals surface area contributed by atoms with Crippen molar-refractivity contribution in [2.24, 2.45) is 10.9 Å². The normalized spacial score (nSPS) is 20.6. The maximum absolute atomic E-state index is 13.2. The molecule has 1 aromatic heterocycles. The Hall–Kier alpha value is -2.18. The first kappa shape index (κ1) is 18.6. The van der Waals surface area contributed by atoms with Crippen LogP contribution in [0.25, 0.3) is 0 Å². The van der Waals surface area contributed by atoms with Gasteiger partial charge in [0, 0.05) is 13.6 Å². The number of amidine groups is 1. The van der Waals surface area contributed by atoms with Gasteiger partial charge in [0.1, 0.15) is 11.4 Å². The van der Waals surface area contributed by atoms with Gasteiger partial charge in [-0.05, 0) is 39.5 Å². The van der Waals surface area contributed by atoms with Crippen molar-refractivity contribution in [1.29, 1.82) is 0 Å². The number of aromatic nitrogens is 2. The molecular weight excluding hydrogens is 330 g/mol. The summed E-state index contributed by atoms with van der Waals surface area (Å²) >= 11 is 0. The summed E-state index contributed by atoms with van der Waals surface area (Å²) in [6.45, 7) is 13.0. The van der Waals surface area contributed by atoms with Gasteiger partial charge in [-0.3, -0.25) is 14.6 Å². The number of imide groups is 1. The van der Waals surface area contributed by atoms with Gasteiger partial charge in [0.2, 0.25) is 11.9 Å². The van der Waals surface area contributed by atoms with Crippen LogP contribution in [-0.2, 0) is 4.79 Å². The third-order valence-corrected chi connectivity index (χ3v) is 5.72. The second kappa shape index (κ2) is 6.52. The Bertz CT molecular complexity index is 792. The van der Waals surface area contributed by atoms with E-state index in [9.17, 15) is 9.59 Å². The van der Waals surface area contributed by atoms with Crippen LogP contribution < -0.4 is 4.57 Å². The molecule has 0 N–H and O–H groups in total. The molecule has 142 valence electrons. The monoisotopic (exact) mass is 360 g/mol. The summed E-state index contributed by atoms with van der Waals surface area (Å²) in [5, 5.41) is 0. The Kier molecular flexibility index (Phi) is 4.67. The average molecular weight is 360 g/mol. The highest BCUT2D eigenvalue weighted by Crippen LogP contribution is 2.33. The maximum Gasteiger partial charge on any atom is 0.402 e. The van der Waals surface area contributed by atoms with E-state index in [2.05, 4.69) is 39.2 Å². The molecule has 7 nitrogen and oxygen atoms in total. The number of hydrogen-bond acceptors (Lipinski definition) is 3. The summed E-state index contributed by atoms with van der Waals surface area (Å²) in [7, 11) is 1.71. The fourth-order valence-electron chi connectivity index (χ4n) is 3.76. The summed E-state index contributed by atoms with van der Waals surface area (Å²) in [6, 6.07) is -0.535. The fraction of sp³-hybridized carbons (Fsp3) is 0.684. The van der Waals surface area contributed by atoms with E-state index in [0.717, 1.165) is 30.2 Å². The van der Waals surface area contributed by atoms with E-state index in [-0.39, 0.29) is 18.0 Å². The molecule has 3 heterocycles. The zero-order chi connectivity index (χ0) is 19.3. The lowest BCUT2D eigenvalue weighted by Crippen LogP contribution is -2.63. The summed E-state index contributed by atoms with van der Waals surface area (Å²) in [6.07, 6.45) is 1.77. The predicted octanol–water partition coefficient (Wildman–Crippen LogP) is 2.89. The molecule has 2 aliphatic rings. The molecule has 0 aromatic carbocycles. The van der Waals surface area contributed by atoms with Gasteiger partial charge in [-0.25, -0.2) is 13.9 Å². The third kappa shape index (κ3) is 2.56. The highest BCUT2D eigenvalue weighted by molar-refractivity contribution is 6.19. The number of likely N-dealkylation sites (N-methyl/N-ethyl adjacent to an activating group) is 1. The molecule has 3 rings (SSSR count). The van der Waals surface area contributed by atoms with Crippen molar-refractivity contribution in [2.75, 3.05) is 13.6 Å². The molecule has 2 aliphatic heterocycles. The van der Waals surface area contributed by atoms with Gasteiger partial charge in [-0.1, -0.05) is 25.8 Å². The Morgan fingerprint density at radius 1 is 1.19 bits per heavy atom. The van der Waals surface area contributed by atoms with Gasteiger partial charge >= 0.3 is 12.0 Å². The molecule has 2 unspecified atom stereocenters. The standard InChI is InChI=1S/C19H30N5O2/c1-8-12(4)23-13(5)14(6)24-15-16(20-18(23)24)21(7)19(26)22(17(15)25)10-9-11(2)3/h11-12,15H,8-10H2,1-7H3/q+1. The van der Waals surface area contributed by atoms with Gasteiger partial charge in [0.05, 0.1) is 6.04 Å². The second-order valence-electron chi connectivity index (χ2n) is 7.85. The van der Waals surface area contributed by atoms with E-state index >= 15 is 0 Å². The van der Waals surface area contributed by atoms with Gasteiger partial charge in [0.15, 0.2) is 0 Å². The number of urea groups is 1. The SMILES string of the molecule is CCC(C)n1c(C)c(C)[n+]2c1N=C1C2C(=O)N(CCC(C)C)C(=O)N1C. The van der Waals surface area contributed by atoms with Crippen molar-refractivity contribution in [1.82, 2.24) is 14.4 Å². The minimum atomic E-state index is -0.538. The van der Waals surface area contributed by atoms with Crippen LogP contribution in [0.4, 0.5) is 10.7 Å². The minimum absolute atomic E-state index is 0.166. The molecule has 2 atom stereocenters. The Balaban J connectivity index is 2.08. The van der Waals surface area contributed by atoms with Gasteiger partial charge < -0.3 is 0 Å². The Labute approximate surface area is 155 Å². The fourth-order valence-corrected chi connectivity index (χ4v) is 3.76. The predicted molar refractivity (Wildman–Crippen MR) is 99.6 cm³/mol. The van der Waals surface area contributed by atoms with Crippen LogP contribution in [0.1, 0.15) is 64.0 Å². The topological polar surface area (TPSA) is 61.8 Å². The molecule has 0 saturated carbocycles. The van der Waals surface area contributed by atoms with E-state index in [4.69, 9.17) is 4.99 Å². The number of rotatable bonds is 5. The summed E-state index contributed by atoms with van der Waals surface area (Å²) < 4.78 is 4.19. The molecule has 3 amide bonds. The number of fused-ring (bicyclic) bond motifs is 3. The first-order valence-corrected chi connectivity index (χ1v) is 9.51. The second-order valence-corrected chi connectivity index (χ2v) is 7.85. The van der Waals surface area contributed by atoms with Gasteiger partial charge in [-0.15, -0.1) is 0 Å². The lowest BCUT2D eigenvalue weighted by atomic mass is 10.1. The summed E-state index contributed by atoms with van der Waals surface area (Å²) in [5.74, 6) is 1.57. The average Bonchev–Trinajstić information content (AvgIpc) is 3.08. The smallest absolute Gasteiger partial charge is 0.270 e. The van der Waals surface area contributed by atoms with Crippen molar-refractivity contribution in [2.45, 2.75) is 66.5 Å².